The van der Waals surface area contributed by atoms with Crippen LogP contribution in [0.4, 0.5) is 0 Å². The number of hydrogen-bond acceptors (Lipinski definition) is 0. The van der Waals surface area contributed by atoms with Gasteiger partial charge >= 0.3 is 0 Å². The zero-order valence-electron chi connectivity index (χ0n) is 1.58. The van der Waals surface area contributed by atoms with E-state index in [9.17, 15) is 0 Å². The molecule has 0 nitrogen and oxygen atoms in total. The summed E-state index contributed by atoms with van der Waals surface area (Å²) in [5.41, 5.74) is 0. The minimum Gasteiger partial charge on any atom is 0 e. The molecular weight excluding hydrogens is 293 g/mol. The van der Waals surface area contributed by atoms with Gasteiger partial charge in [0.2, 0.25) is 0 Å². The molecule has 0 spiro atoms. The quantitative estimate of drug-likeness (QED) is 0.551. The van der Waals surface area contributed by atoms with E-state index in [1.54, 1.807) is 0 Å². The van der Waals surface area contributed by atoms with E-state index in [-0.39, 0.29) is 82.5 Å². The van der Waals surface area contributed by atoms with Crippen LogP contribution in [0.1, 0.15) is 0 Å². The molecule has 0 aliphatic rings. The molecule has 0 radical (unpaired) electrons. The van der Waals surface area contributed by atoms with Crippen molar-refractivity contribution >= 4 is 0 Å². The van der Waals surface area contributed by atoms with Crippen molar-refractivity contribution in [2.75, 3.05) is 0 Å². The molecule has 50 valence electrons. The minimum absolute atomic E-state index is 0. The molecule has 0 fully saturated rings. The van der Waals surface area contributed by atoms with Gasteiger partial charge in [-0.25, -0.2) is 0 Å². The molecule has 0 amide bonds. The molecule has 5 heavy (non-hydrogen) atoms. The third kappa shape index (κ3) is 21.2. The van der Waals surface area contributed by atoms with Crippen LogP contribution in [0.2, 0.25) is 0 Å². The van der Waals surface area contributed by atoms with Gasteiger partial charge in [-0.05, 0) is 0 Å². The van der Waals surface area contributed by atoms with Gasteiger partial charge in [0.1, 0.15) is 0 Å². The Kier molecular flexibility index (Phi) is 326. The summed E-state index contributed by atoms with van der Waals surface area (Å²) in [6.45, 7) is 0. The van der Waals surface area contributed by atoms with Crippen molar-refractivity contribution in [3.05, 3.63) is 0 Å². The van der Waals surface area contributed by atoms with E-state index in [2.05, 4.69) is 0 Å². The Morgan fingerprint density at radius 3 is 0.200 bits per heavy atom. The van der Waals surface area contributed by atoms with Crippen LogP contribution in [0, 0.1) is 0 Å². The first-order chi connectivity index (χ1) is 0. The zero-order chi connectivity index (χ0) is 0. The molecule has 0 unspecified atom stereocenters. The number of rotatable bonds is 0. The summed E-state index contributed by atoms with van der Waals surface area (Å²) in [6.07, 6.45) is 0. The second kappa shape index (κ2) is 31.8. The molecule has 0 aliphatic carbocycles. The predicted molar refractivity (Wildman–Crippen MR) is 0 cm³/mol. The van der Waals surface area contributed by atoms with Crippen molar-refractivity contribution in [3.8, 4) is 0 Å². The molecule has 0 bridgehead atoms. The molecule has 0 heterocycles. The summed E-state index contributed by atoms with van der Waals surface area (Å²) in [5, 5.41) is 0. The van der Waals surface area contributed by atoms with Crippen molar-refractivity contribution in [1.29, 1.82) is 0 Å². The van der Waals surface area contributed by atoms with Crippen LogP contribution in [0.25, 0.3) is 0 Å². The van der Waals surface area contributed by atoms with Crippen LogP contribution in [0.3, 0.4) is 0 Å². The SMILES string of the molecule is [Ni].[Ni].[Ni].[Ni].[Ni]. The summed E-state index contributed by atoms with van der Waals surface area (Å²) in [6, 6.07) is 0. The Bertz CT molecular complexity index is 0. The Morgan fingerprint density at radius 2 is 0.200 bits per heavy atom. The fourth-order valence-electron chi connectivity index (χ4n) is 0. The molecule has 0 atom stereocenters. The van der Waals surface area contributed by atoms with Gasteiger partial charge < -0.3 is 0 Å². The number of hydrogen-bond donors (Lipinski definition) is 0. The summed E-state index contributed by atoms with van der Waals surface area (Å²) < 4.78 is 0. The smallest absolute Gasteiger partial charge is 0 e. The minimum atomic E-state index is 0. The maximum atomic E-state index is 0. The van der Waals surface area contributed by atoms with E-state index in [0.29, 0.717) is 0 Å². The van der Waals surface area contributed by atoms with Crippen molar-refractivity contribution < 1.29 is 82.5 Å². The normalized spacial score (nSPS) is 0. The summed E-state index contributed by atoms with van der Waals surface area (Å²) in [5.74, 6) is 0. The van der Waals surface area contributed by atoms with E-state index in [1.165, 1.54) is 0 Å². The van der Waals surface area contributed by atoms with Crippen molar-refractivity contribution in [2.24, 2.45) is 0 Å². The second-order valence-corrected chi connectivity index (χ2v) is 0. The molecule has 0 aromatic carbocycles. The van der Waals surface area contributed by atoms with Gasteiger partial charge in [0, 0.05) is 82.5 Å². The van der Waals surface area contributed by atoms with E-state index in [4.69, 9.17) is 0 Å². The maximum absolute atomic E-state index is 0. The third-order valence-electron chi connectivity index (χ3n) is 0. The Morgan fingerprint density at radius 1 is 0.200 bits per heavy atom. The molecule has 0 saturated carbocycles. The van der Waals surface area contributed by atoms with Crippen LogP contribution >= 0.6 is 0 Å². The predicted octanol–water partition coefficient (Wildman–Crippen LogP) is -0.0125. The molecule has 0 aliphatic heterocycles. The van der Waals surface area contributed by atoms with Gasteiger partial charge in [0.05, 0.1) is 0 Å². The topological polar surface area (TPSA) is 0 Å². The average molecular weight is 293 g/mol. The zero-order valence-corrected chi connectivity index (χ0v) is 6.52. The van der Waals surface area contributed by atoms with Gasteiger partial charge in [-0.1, -0.05) is 0 Å². The average Bonchev–Trinajstić information content (AvgIpc) is 0. The molecule has 5 heteroatoms. The molecule has 0 N–H and O–H groups in total. The van der Waals surface area contributed by atoms with Gasteiger partial charge in [-0.2, -0.15) is 0 Å². The second-order valence-electron chi connectivity index (χ2n) is 0. The van der Waals surface area contributed by atoms with Crippen molar-refractivity contribution in [1.82, 2.24) is 0 Å². The fourth-order valence-corrected chi connectivity index (χ4v) is 0. The summed E-state index contributed by atoms with van der Waals surface area (Å²) >= 11 is 0. The first-order valence-corrected chi connectivity index (χ1v) is 0. The molecule has 0 saturated heterocycles. The maximum Gasteiger partial charge on any atom is 0 e. The van der Waals surface area contributed by atoms with E-state index in [1.807, 2.05) is 0 Å². The first kappa shape index (κ1) is 51.3. The Balaban J connectivity index is 0. The molecule has 0 aromatic heterocycles. The fraction of sp³-hybridized carbons (Fsp3) is 0. The van der Waals surface area contributed by atoms with Gasteiger partial charge in [0.25, 0.3) is 0 Å². The van der Waals surface area contributed by atoms with E-state index < -0.39 is 0 Å². The summed E-state index contributed by atoms with van der Waals surface area (Å²) in [4.78, 5) is 0. The molecular formula is Ni5. The monoisotopic (exact) mass is 290 g/mol. The standard InChI is InChI=1S/5Ni. The van der Waals surface area contributed by atoms with E-state index >= 15 is 0 Å². The van der Waals surface area contributed by atoms with Gasteiger partial charge in [-0.15, -0.1) is 0 Å². The van der Waals surface area contributed by atoms with Crippen LogP contribution < -0.4 is 0 Å². The van der Waals surface area contributed by atoms with Crippen molar-refractivity contribution in [2.45, 2.75) is 0 Å². The van der Waals surface area contributed by atoms with Crippen LogP contribution in [0.5, 0.6) is 0 Å². The van der Waals surface area contributed by atoms with Gasteiger partial charge in [-0.3, -0.25) is 0 Å². The van der Waals surface area contributed by atoms with Gasteiger partial charge in [0.15, 0.2) is 0 Å². The molecule has 0 rings (SSSR count). The van der Waals surface area contributed by atoms with E-state index in [0.717, 1.165) is 0 Å². The molecule has 0 aromatic rings. The van der Waals surface area contributed by atoms with Crippen molar-refractivity contribution in [3.63, 3.8) is 0 Å². The van der Waals surface area contributed by atoms with Crippen LogP contribution in [-0.4, -0.2) is 0 Å². The Hall–Kier alpha value is 2.47. The van der Waals surface area contributed by atoms with Crippen LogP contribution in [-0.2, 0) is 82.5 Å². The summed E-state index contributed by atoms with van der Waals surface area (Å²) in [7, 11) is 0. The Labute approximate surface area is 81.6 Å². The van der Waals surface area contributed by atoms with Crippen LogP contribution in [0.15, 0.2) is 0 Å². The third-order valence-corrected chi connectivity index (χ3v) is 0. The largest absolute Gasteiger partial charge is 0 e. The first-order valence-electron chi connectivity index (χ1n) is 0.